The summed E-state index contributed by atoms with van der Waals surface area (Å²) in [5, 5.41) is 0. The lowest BCUT2D eigenvalue weighted by molar-refractivity contribution is -0.167. The number of rotatable bonds is 58. The topological polar surface area (TPSA) is 78.9 Å². The normalized spacial score (nSPS) is 12.4. The molecule has 0 radical (unpaired) electrons. The van der Waals surface area contributed by atoms with Crippen LogP contribution in [0.1, 0.15) is 329 Å². The Morgan fingerprint density at radius 2 is 0.493 bits per heavy atom. The van der Waals surface area contributed by atoms with Crippen LogP contribution in [-0.4, -0.2) is 37.2 Å². The van der Waals surface area contributed by atoms with Crippen LogP contribution in [0.25, 0.3) is 0 Å². The van der Waals surface area contributed by atoms with Gasteiger partial charge in [-0.25, -0.2) is 0 Å². The zero-order valence-electron chi connectivity index (χ0n) is 48.7. The second-order valence-electron chi connectivity index (χ2n) is 21.3. The molecule has 0 aliphatic rings. The van der Waals surface area contributed by atoms with Gasteiger partial charge < -0.3 is 14.2 Å². The average Bonchev–Trinajstić information content (AvgIpc) is 3.39. The van der Waals surface area contributed by atoms with E-state index in [0.29, 0.717) is 19.3 Å². The maximum absolute atomic E-state index is 12.9. The van der Waals surface area contributed by atoms with E-state index in [2.05, 4.69) is 81.5 Å². The van der Waals surface area contributed by atoms with Gasteiger partial charge in [-0.05, 0) is 109 Å². The van der Waals surface area contributed by atoms with Crippen LogP contribution in [0.5, 0.6) is 0 Å². The lowest BCUT2D eigenvalue weighted by Gasteiger charge is -2.18. The lowest BCUT2D eigenvalue weighted by Crippen LogP contribution is -2.30. The number of carbonyl (C=O) groups is 3. The summed E-state index contributed by atoms with van der Waals surface area (Å²) in [6.07, 6.45) is 77.9. The first kappa shape index (κ1) is 70.1. The molecule has 0 aromatic heterocycles. The van der Waals surface area contributed by atoms with Crippen molar-refractivity contribution < 1.29 is 28.6 Å². The third kappa shape index (κ3) is 59.9. The van der Waals surface area contributed by atoms with Crippen molar-refractivity contribution in [2.45, 2.75) is 335 Å². The number of hydrogen-bond donors (Lipinski definition) is 0. The standard InChI is InChI=1S/C67H120O6/c1-4-7-10-13-16-19-22-25-28-31-33-36-39-42-45-48-51-54-57-60-66(69)72-63-64(62-71-65(68)59-56-53-50-47-44-41-38-35-30-27-24-21-18-15-12-9-6-3)73-67(70)61-58-55-52-49-46-43-40-37-34-32-29-26-23-20-17-14-11-8-5-2/h18,21,25-30,38,41,64H,4-17,19-20,22-24,31-37,39-40,42-63H2,1-3H3/b21-18+,28-25+,29-26+,30-27+,41-38+/t64-/m1/s1. The van der Waals surface area contributed by atoms with E-state index in [1.54, 1.807) is 0 Å². The Kier molecular flexibility index (Phi) is 59.2. The maximum Gasteiger partial charge on any atom is 0.306 e. The van der Waals surface area contributed by atoms with E-state index in [1.165, 1.54) is 205 Å². The van der Waals surface area contributed by atoms with Gasteiger partial charge in [-0.1, -0.05) is 261 Å². The third-order valence-corrected chi connectivity index (χ3v) is 14.0. The first-order chi connectivity index (χ1) is 36.0. The Balaban J connectivity index is 4.39. The minimum Gasteiger partial charge on any atom is -0.462 e. The summed E-state index contributed by atoms with van der Waals surface area (Å²) < 4.78 is 16.9. The number of esters is 3. The minimum atomic E-state index is -0.786. The Hall–Kier alpha value is -2.89. The number of carbonyl (C=O) groups excluding carboxylic acids is 3. The molecular weight excluding hydrogens is 901 g/mol. The quantitative estimate of drug-likeness (QED) is 0.0261. The Morgan fingerprint density at radius 1 is 0.274 bits per heavy atom. The van der Waals surface area contributed by atoms with E-state index in [4.69, 9.17) is 14.2 Å². The third-order valence-electron chi connectivity index (χ3n) is 14.0. The number of unbranched alkanes of at least 4 members (excludes halogenated alkanes) is 37. The molecule has 0 unspecified atom stereocenters. The van der Waals surface area contributed by atoms with E-state index in [1.807, 2.05) is 0 Å². The average molecular weight is 1020 g/mol. The predicted octanol–water partition coefficient (Wildman–Crippen LogP) is 21.6. The van der Waals surface area contributed by atoms with E-state index < -0.39 is 6.10 Å². The van der Waals surface area contributed by atoms with Crippen molar-refractivity contribution in [3.05, 3.63) is 60.8 Å². The molecule has 1 atom stereocenters. The second-order valence-corrected chi connectivity index (χ2v) is 21.3. The van der Waals surface area contributed by atoms with Crippen LogP contribution in [-0.2, 0) is 28.6 Å². The number of allylic oxidation sites excluding steroid dienone is 10. The SMILES string of the molecule is CCCCC/C=C/C/C=C/C/C=C/CCCCCCC(=O)OC[C@H](COC(=O)CCCCCCCCCCC/C=C/CCCCCCCC)OC(=O)CCCCCCCCCCC/C=C/CCCCCCCC. The molecule has 0 spiro atoms. The zero-order valence-corrected chi connectivity index (χ0v) is 48.7. The Bertz CT molecular complexity index is 1310. The molecule has 0 fully saturated rings. The van der Waals surface area contributed by atoms with E-state index in [9.17, 15) is 14.4 Å². The lowest BCUT2D eigenvalue weighted by atomic mass is 10.1. The maximum atomic E-state index is 12.9. The van der Waals surface area contributed by atoms with Gasteiger partial charge in [-0.2, -0.15) is 0 Å². The molecule has 0 aliphatic carbocycles. The van der Waals surface area contributed by atoms with Gasteiger partial charge in [0.05, 0.1) is 0 Å². The molecule has 0 aromatic carbocycles. The summed E-state index contributed by atoms with van der Waals surface area (Å²) in [4.78, 5) is 38.3. The fourth-order valence-corrected chi connectivity index (χ4v) is 9.15. The first-order valence-corrected chi connectivity index (χ1v) is 31.8. The molecule has 0 amide bonds. The molecule has 0 saturated heterocycles. The predicted molar refractivity (Wildman–Crippen MR) is 316 cm³/mol. The van der Waals surface area contributed by atoms with Crippen LogP contribution >= 0.6 is 0 Å². The molecular formula is C67H120O6. The summed E-state index contributed by atoms with van der Waals surface area (Å²) in [6, 6.07) is 0. The van der Waals surface area contributed by atoms with Crippen LogP contribution in [0.2, 0.25) is 0 Å². The van der Waals surface area contributed by atoms with Crippen LogP contribution < -0.4 is 0 Å². The van der Waals surface area contributed by atoms with Crippen LogP contribution in [0.3, 0.4) is 0 Å². The van der Waals surface area contributed by atoms with E-state index in [0.717, 1.165) is 83.5 Å². The van der Waals surface area contributed by atoms with Crippen molar-refractivity contribution in [1.29, 1.82) is 0 Å². The summed E-state index contributed by atoms with van der Waals surface area (Å²) in [6.45, 7) is 6.62. The molecule has 0 bridgehead atoms. The summed E-state index contributed by atoms with van der Waals surface area (Å²) in [7, 11) is 0. The van der Waals surface area contributed by atoms with Gasteiger partial charge in [-0.3, -0.25) is 14.4 Å². The van der Waals surface area contributed by atoms with Crippen molar-refractivity contribution in [3.8, 4) is 0 Å². The summed E-state index contributed by atoms with van der Waals surface area (Å²) in [5.41, 5.74) is 0. The Morgan fingerprint density at radius 3 is 0.808 bits per heavy atom. The highest BCUT2D eigenvalue weighted by Crippen LogP contribution is 2.16. The summed E-state index contributed by atoms with van der Waals surface area (Å²) >= 11 is 0. The monoisotopic (exact) mass is 1020 g/mol. The molecule has 0 heterocycles. The van der Waals surface area contributed by atoms with E-state index >= 15 is 0 Å². The van der Waals surface area contributed by atoms with Gasteiger partial charge in [0.1, 0.15) is 13.2 Å². The molecule has 0 aliphatic heterocycles. The molecule has 6 heteroatoms. The summed E-state index contributed by atoms with van der Waals surface area (Å²) in [5.74, 6) is -0.892. The van der Waals surface area contributed by atoms with E-state index in [-0.39, 0.29) is 31.1 Å². The molecule has 0 saturated carbocycles. The van der Waals surface area contributed by atoms with Crippen LogP contribution in [0, 0.1) is 0 Å². The molecule has 6 nitrogen and oxygen atoms in total. The van der Waals surface area contributed by atoms with Crippen molar-refractivity contribution in [1.82, 2.24) is 0 Å². The van der Waals surface area contributed by atoms with Gasteiger partial charge in [0.2, 0.25) is 0 Å². The molecule has 424 valence electrons. The molecule has 0 aromatic rings. The highest BCUT2D eigenvalue weighted by Gasteiger charge is 2.19. The van der Waals surface area contributed by atoms with Gasteiger partial charge in [0, 0.05) is 19.3 Å². The first-order valence-electron chi connectivity index (χ1n) is 31.8. The van der Waals surface area contributed by atoms with Gasteiger partial charge in [-0.15, -0.1) is 0 Å². The van der Waals surface area contributed by atoms with Gasteiger partial charge >= 0.3 is 17.9 Å². The zero-order chi connectivity index (χ0) is 52.9. The van der Waals surface area contributed by atoms with Crippen molar-refractivity contribution in [2.75, 3.05) is 13.2 Å². The second kappa shape index (κ2) is 61.7. The van der Waals surface area contributed by atoms with Crippen molar-refractivity contribution in [2.24, 2.45) is 0 Å². The van der Waals surface area contributed by atoms with Crippen molar-refractivity contribution >= 4 is 17.9 Å². The van der Waals surface area contributed by atoms with Crippen LogP contribution in [0.4, 0.5) is 0 Å². The van der Waals surface area contributed by atoms with Gasteiger partial charge in [0.15, 0.2) is 6.10 Å². The molecule has 73 heavy (non-hydrogen) atoms. The fourth-order valence-electron chi connectivity index (χ4n) is 9.15. The smallest absolute Gasteiger partial charge is 0.306 e. The fraction of sp³-hybridized carbons (Fsp3) is 0.806. The molecule has 0 N–H and O–H groups in total. The minimum absolute atomic E-state index is 0.0816. The highest BCUT2D eigenvalue weighted by atomic mass is 16.6. The number of ether oxygens (including phenoxy) is 3. The largest absolute Gasteiger partial charge is 0.462 e. The number of hydrogen-bond acceptors (Lipinski definition) is 6. The highest BCUT2D eigenvalue weighted by molar-refractivity contribution is 5.71. The van der Waals surface area contributed by atoms with Crippen LogP contribution in [0.15, 0.2) is 60.8 Å². The Labute approximate surface area is 453 Å². The molecule has 0 rings (SSSR count). The van der Waals surface area contributed by atoms with Gasteiger partial charge in [0.25, 0.3) is 0 Å². The van der Waals surface area contributed by atoms with Crippen molar-refractivity contribution in [3.63, 3.8) is 0 Å².